The maximum Gasteiger partial charge on any atom is 0.303 e. The van der Waals surface area contributed by atoms with Crippen molar-refractivity contribution in [2.75, 3.05) is 6.54 Å². The van der Waals surface area contributed by atoms with Gasteiger partial charge < -0.3 is 10.4 Å². The van der Waals surface area contributed by atoms with E-state index in [1.807, 2.05) is 0 Å². The molecule has 5 heteroatoms. The average molecular weight is 254 g/mol. The van der Waals surface area contributed by atoms with Crippen molar-refractivity contribution < 1.29 is 14.7 Å². The summed E-state index contributed by atoms with van der Waals surface area (Å²) in [7, 11) is 0. The van der Waals surface area contributed by atoms with Gasteiger partial charge in [-0.25, -0.2) is 0 Å². The summed E-state index contributed by atoms with van der Waals surface area (Å²) in [5.41, 5.74) is -0.0382. The minimum atomic E-state index is -0.833. The highest BCUT2D eigenvalue weighted by molar-refractivity contribution is 5.83. The maximum absolute atomic E-state index is 12.1. The van der Waals surface area contributed by atoms with Gasteiger partial charge in [0, 0.05) is 24.5 Å². The van der Waals surface area contributed by atoms with Crippen molar-refractivity contribution in [3.63, 3.8) is 0 Å². The van der Waals surface area contributed by atoms with Gasteiger partial charge in [-0.05, 0) is 39.5 Å². The third kappa shape index (κ3) is 2.83. The topological polar surface area (TPSA) is 69.6 Å². The number of carbonyl (C=O) groups excluding carboxylic acids is 1. The van der Waals surface area contributed by atoms with E-state index >= 15 is 0 Å². The second kappa shape index (κ2) is 4.88. The van der Waals surface area contributed by atoms with Crippen LogP contribution in [0.4, 0.5) is 0 Å². The molecular weight excluding hydrogens is 232 g/mol. The van der Waals surface area contributed by atoms with Gasteiger partial charge in [0.25, 0.3) is 0 Å². The molecular formula is C13H22N2O3. The van der Waals surface area contributed by atoms with Crippen molar-refractivity contribution in [1.29, 1.82) is 0 Å². The molecule has 0 aromatic carbocycles. The van der Waals surface area contributed by atoms with Gasteiger partial charge in [-0.2, -0.15) is 0 Å². The van der Waals surface area contributed by atoms with Crippen LogP contribution in [0.3, 0.4) is 0 Å². The summed E-state index contributed by atoms with van der Waals surface area (Å²) < 4.78 is 0. The van der Waals surface area contributed by atoms with Gasteiger partial charge in [-0.1, -0.05) is 0 Å². The molecule has 1 saturated heterocycles. The summed E-state index contributed by atoms with van der Waals surface area (Å²) in [6, 6.07) is 0.175. The van der Waals surface area contributed by atoms with Crippen molar-refractivity contribution in [3.05, 3.63) is 0 Å². The van der Waals surface area contributed by atoms with Crippen molar-refractivity contribution in [3.8, 4) is 0 Å². The summed E-state index contributed by atoms with van der Waals surface area (Å²) in [4.78, 5) is 25.1. The Morgan fingerprint density at radius 1 is 1.50 bits per heavy atom. The first-order valence-electron chi connectivity index (χ1n) is 6.70. The van der Waals surface area contributed by atoms with Crippen LogP contribution in [0.5, 0.6) is 0 Å². The maximum atomic E-state index is 12.1. The number of aliphatic carboxylic acids is 1. The number of carboxylic acid groups (broad SMARTS) is 1. The van der Waals surface area contributed by atoms with Gasteiger partial charge >= 0.3 is 5.97 Å². The number of amides is 1. The van der Waals surface area contributed by atoms with Gasteiger partial charge in [-0.3, -0.25) is 14.5 Å². The molecule has 5 nitrogen and oxygen atoms in total. The monoisotopic (exact) mass is 254 g/mol. The first-order valence-corrected chi connectivity index (χ1v) is 6.70. The van der Waals surface area contributed by atoms with E-state index in [-0.39, 0.29) is 23.9 Å². The predicted octanol–water partition coefficient (Wildman–Crippen LogP) is 0.983. The molecule has 2 fully saturated rings. The van der Waals surface area contributed by atoms with E-state index in [2.05, 4.69) is 24.1 Å². The second-order valence-electron chi connectivity index (χ2n) is 5.94. The van der Waals surface area contributed by atoms with Gasteiger partial charge in [0.05, 0.1) is 6.04 Å². The molecule has 1 heterocycles. The Morgan fingerprint density at radius 3 is 2.72 bits per heavy atom. The minimum Gasteiger partial charge on any atom is -0.481 e. The molecule has 0 aromatic heterocycles. The molecule has 0 spiro atoms. The van der Waals surface area contributed by atoms with Crippen LogP contribution in [0.2, 0.25) is 0 Å². The third-order valence-corrected chi connectivity index (χ3v) is 3.95. The van der Waals surface area contributed by atoms with Crippen LogP contribution in [0.25, 0.3) is 0 Å². The Balaban J connectivity index is 2.17. The van der Waals surface area contributed by atoms with Gasteiger partial charge in [0.15, 0.2) is 0 Å². The lowest BCUT2D eigenvalue weighted by atomic mass is 9.95. The van der Waals surface area contributed by atoms with E-state index in [0.717, 1.165) is 19.3 Å². The standard InChI is InChI=1S/C13H22N2O3/c1-13(2)7-8-14-12(18)10(5-6-11(16)17)15(13)9-3-4-9/h9-10H,3-8H2,1-2H3,(H,14,18)(H,16,17). The predicted molar refractivity (Wildman–Crippen MR) is 67.2 cm³/mol. The number of carboxylic acids is 1. The summed E-state index contributed by atoms with van der Waals surface area (Å²) in [5, 5.41) is 11.7. The van der Waals surface area contributed by atoms with Crippen molar-refractivity contribution in [2.24, 2.45) is 0 Å². The summed E-state index contributed by atoms with van der Waals surface area (Å²) in [5.74, 6) is -0.839. The second-order valence-corrected chi connectivity index (χ2v) is 5.94. The molecule has 1 unspecified atom stereocenters. The third-order valence-electron chi connectivity index (χ3n) is 3.95. The smallest absolute Gasteiger partial charge is 0.303 e. The number of carbonyl (C=O) groups is 2. The molecule has 1 amide bonds. The molecule has 0 radical (unpaired) electrons. The average Bonchev–Trinajstić information content (AvgIpc) is 3.05. The summed E-state index contributed by atoms with van der Waals surface area (Å²) >= 11 is 0. The van der Waals surface area contributed by atoms with E-state index in [9.17, 15) is 9.59 Å². The Bertz CT molecular complexity index is 350. The van der Waals surface area contributed by atoms with Crippen LogP contribution >= 0.6 is 0 Å². The molecule has 18 heavy (non-hydrogen) atoms. The van der Waals surface area contributed by atoms with E-state index < -0.39 is 5.97 Å². The first-order chi connectivity index (χ1) is 8.42. The van der Waals surface area contributed by atoms with Crippen molar-refractivity contribution >= 4 is 11.9 Å². The Kier molecular flexibility index (Phi) is 3.61. The Labute approximate surface area is 108 Å². The van der Waals surface area contributed by atoms with Gasteiger partial charge in [0.2, 0.25) is 5.91 Å². The van der Waals surface area contributed by atoms with Gasteiger partial charge in [0.1, 0.15) is 0 Å². The van der Waals surface area contributed by atoms with E-state index in [1.54, 1.807) is 0 Å². The summed E-state index contributed by atoms with van der Waals surface area (Å²) in [6.07, 6.45) is 3.62. The molecule has 0 bridgehead atoms. The lowest BCUT2D eigenvalue weighted by molar-refractivity contribution is -0.138. The molecule has 0 aromatic rings. The van der Waals surface area contributed by atoms with Crippen LogP contribution in [0.1, 0.15) is 46.0 Å². The number of nitrogens with zero attached hydrogens (tertiary/aromatic N) is 1. The molecule has 1 atom stereocenters. The van der Waals surface area contributed by atoms with Crippen LogP contribution in [0, 0.1) is 0 Å². The van der Waals surface area contributed by atoms with Crippen LogP contribution in [0.15, 0.2) is 0 Å². The number of hydrogen-bond donors (Lipinski definition) is 2. The minimum absolute atomic E-state index is 0.00581. The molecule has 102 valence electrons. The highest BCUT2D eigenvalue weighted by Gasteiger charge is 2.46. The highest BCUT2D eigenvalue weighted by atomic mass is 16.4. The molecule has 2 rings (SSSR count). The molecule has 2 N–H and O–H groups in total. The van der Waals surface area contributed by atoms with Crippen molar-refractivity contribution in [2.45, 2.75) is 63.6 Å². The summed E-state index contributed by atoms with van der Waals surface area (Å²) in [6.45, 7) is 4.98. The van der Waals surface area contributed by atoms with Crippen LogP contribution < -0.4 is 5.32 Å². The lowest BCUT2D eigenvalue weighted by Crippen LogP contribution is -2.53. The van der Waals surface area contributed by atoms with Crippen molar-refractivity contribution in [1.82, 2.24) is 10.2 Å². The fourth-order valence-corrected chi connectivity index (χ4v) is 2.92. The van der Waals surface area contributed by atoms with E-state index in [0.29, 0.717) is 19.0 Å². The molecule has 1 saturated carbocycles. The van der Waals surface area contributed by atoms with Crippen LogP contribution in [-0.4, -0.2) is 46.1 Å². The SMILES string of the molecule is CC1(C)CCNC(=O)C(CCC(=O)O)N1C1CC1. The molecule has 1 aliphatic carbocycles. The Hall–Kier alpha value is -1.10. The quantitative estimate of drug-likeness (QED) is 0.784. The normalized spacial score (nSPS) is 28.6. The highest BCUT2D eigenvalue weighted by Crippen LogP contribution is 2.38. The van der Waals surface area contributed by atoms with Crippen LogP contribution in [-0.2, 0) is 9.59 Å². The molecule has 1 aliphatic heterocycles. The van der Waals surface area contributed by atoms with E-state index in [1.165, 1.54) is 0 Å². The first kappa shape index (κ1) is 13.3. The number of hydrogen-bond acceptors (Lipinski definition) is 3. The Morgan fingerprint density at radius 2 is 2.17 bits per heavy atom. The fourth-order valence-electron chi connectivity index (χ4n) is 2.92. The zero-order valence-corrected chi connectivity index (χ0v) is 11.1. The fraction of sp³-hybridized carbons (Fsp3) is 0.846. The zero-order chi connectivity index (χ0) is 13.3. The lowest BCUT2D eigenvalue weighted by Gasteiger charge is -2.41. The number of nitrogens with one attached hydrogen (secondary N) is 1. The zero-order valence-electron chi connectivity index (χ0n) is 11.1. The number of rotatable bonds is 4. The van der Waals surface area contributed by atoms with E-state index in [4.69, 9.17) is 5.11 Å². The largest absolute Gasteiger partial charge is 0.481 e. The molecule has 2 aliphatic rings. The van der Waals surface area contributed by atoms with Gasteiger partial charge in [-0.15, -0.1) is 0 Å².